The van der Waals surface area contributed by atoms with E-state index in [4.69, 9.17) is 5.73 Å². The minimum absolute atomic E-state index is 0.00347. The van der Waals surface area contributed by atoms with Gasteiger partial charge in [0.05, 0.1) is 0 Å². The maximum atomic E-state index is 12.1. The van der Waals surface area contributed by atoms with Crippen LogP contribution in [0.4, 0.5) is 5.82 Å². The topological polar surface area (TPSA) is 75.0 Å². The molecule has 1 atom stereocenters. The number of rotatable bonds is 1. The van der Waals surface area contributed by atoms with Crippen molar-refractivity contribution in [3.05, 3.63) is 11.3 Å². The predicted molar refractivity (Wildman–Crippen MR) is 57.5 cm³/mol. The first-order valence-electron chi connectivity index (χ1n) is 5.22. The molecular weight excluding hydrogens is 192 g/mol. The molecule has 1 aliphatic heterocycles. The first-order valence-corrected chi connectivity index (χ1v) is 5.22. The van der Waals surface area contributed by atoms with Gasteiger partial charge in [-0.15, -0.1) is 0 Å². The van der Waals surface area contributed by atoms with Crippen molar-refractivity contribution in [1.29, 1.82) is 0 Å². The molecule has 1 aromatic heterocycles. The summed E-state index contributed by atoms with van der Waals surface area (Å²) in [5.41, 5.74) is 6.94. The molecule has 1 unspecified atom stereocenters. The third-order valence-electron chi connectivity index (χ3n) is 3.00. The predicted octanol–water partition coefficient (Wildman–Crippen LogP) is 0.925. The Bertz CT molecular complexity index is 365. The number of nitrogens with two attached hydrogens (primary N) is 1. The first kappa shape index (κ1) is 10.0. The van der Waals surface area contributed by atoms with Crippen LogP contribution in [-0.4, -0.2) is 33.6 Å². The summed E-state index contributed by atoms with van der Waals surface area (Å²) < 4.78 is 0. The van der Waals surface area contributed by atoms with Crippen LogP contribution in [0.5, 0.6) is 0 Å². The normalized spacial score (nSPS) is 20.9. The number of amides is 1. The van der Waals surface area contributed by atoms with Gasteiger partial charge in [-0.1, -0.05) is 0 Å². The summed E-state index contributed by atoms with van der Waals surface area (Å²) in [7, 11) is 0. The number of carbonyl (C=O) groups excluding carboxylic acids is 1. The van der Waals surface area contributed by atoms with E-state index in [1.807, 2.05) is 11.8 Å². The quantitative estimate of drug-likeness (QED) is 0.720. The molecule has 0 radical (unpaired) electrons. The van der Waals surface area contributed by atoms with Crippen LogP contribution in [0.1, 0.15) is 35.8 Å². The molecule has 3 N–H and O–H groups in total. The molecule has 0 aliphatic carbocycles. The van der Waals surface area contributed by atoms with Crippen molar-refractivity contribution in [1.82, 2.24) is 15.1 Å². The lowest BCUT2D eigenvalue weighted by Gasteiger charge is -2.21. The molecule has 0 spiro atoms. The molecule has 1 aromatic rings. The number of anilines is 1. The minimum Gasteiger partial charge on any atom is -0.382 e. The van der Waals surface area contributed by atoms with Gasteiger partial charge >= 0.3 is 0 Å². The fourth-order valence-electron chi connectivity index (χ4n) is 2.10. The van der Waals surface area contributed by atoms with Gasteiger partial charge in [0.1, 0.15) is 5.56 Å². The van der Waals surface area contributed by atoms with Crippen LogP contribution in [0.15, 0.2) is 0 Å². The van der Waals surface area contributed by atoms with Crippen LogP contribution in [0, 0.1) is 6.92 Å². The first-order chi connectivity index (χ1) is 7.11. The molecule has 1 fully saturated rings. The van der Waals surface area contributed by atoms with Gasteiger partial charge in [-0.3, -0.25) is 9.89 Å². The van der Waals surface area contributed by atoms with Crippen molar-refractivity contribution in [2.45, 2.75) is 32.7 Å². The zero-order valence-electron chi connectivity index (χ0n) is 9.08. The van der Waals surface area contributed by atoms with Gasteiger partial charge in [-0.2, -0.15) is 5.10 Å². The molecule has 82 valence electrons. The summed E-state index contributed by atoms with van der Waals surface area (Å²) in [5.74, 6) is 0.306. The van der Waals surface area contributed by atoms with E-state index in [0.29, 0.717) is 17.4 Å². The van der Waals surface area contributed by atoms with E-state index in [0.717, 1.165) is 25.1 Å². The second kappa shape index (κ2) is 3.56. The third kappa shape index (κ3) is 1.58. The molecular formula is C10H16N4O. The number of likely N-dealkylation sites (tertiary alicyclic amines) is 1. The maximum absolute atomic E-state index is 12.1. The highest BCUT2D eigenvalue weighted by molar-refractivity contribution is 5.99. The van der Waals surface area contributed by atoms with Crippen molar-refractivity contribution < 1.29 is 4.79 Å². The fraction of sp³-hybridized carbons (Fsp3) is 0.600. The number of nitrogens with one attached hydrogen (secondary N) is 1. The van der Waals surface area contributed by atoms with E-state index >= 15 is 0 Å². The zero-order valence-corrected chi connectivity index (χ0v) is 9.08. The van der Waals surface area contributed by atoms with E-state index in [2.05, 4.69) is 17.1 Å². The van der Waals surface area contributed by atoms with Crippen LogP contribution >= 0.6 is 0 Å². The van der Waals surface area contributed by atoms with Gasteiger partial charge in [-0.05, 0) is 26.7 Å². The Hall–Kier alpha value is -1.52. The molecule has 5 nitrogen and oxygen atoms in total. The van der Waals surface area contributed by atoms with Gasteiger partial charge in [0.15, 0.2) is 5.82 Å². The number of hydrogen-bond acceptors (Lipinski definition) is 3. The third-order valence-corrected chi connectivity index (χ3v) is 3.00. The highest BCUT2D eigenvalue weighted by atomic mass is 16.2. The highest BCUT2D eigenvalue weighted by Gasteiger charge is 2.29. The number of aromatic nitrogens is 2. The van der Waals surface area contributed by atoms with E-state index in [9.17, 15) is 4.79 Å². The Morgan fingerprint density at radius 3 is 2.87 bits per heavy atom. The Labute approximate surface area is 88.6 Å². The Morgan fingerprint density at radius 2 is 2.40 bits per heavy atom. The second-order valence-electron chi connectivity index (χ2n) is 4.10. The van der Waals surface area contributed by atoms with E-state index in [-0.39, 0.29) is 5.91 Å². The zero-order chi connectivity index (χ0) is 11.0. The number of nitrogen functional groups attached to an aromatic ring is 1. The minimum atomic E-state index is 0.00347. The molecule has 2 rings (SSSR count). The van der Waals surface area contributed by atoms with Crippen molar-refractivity contribution in [2.24, 2.45) is 0 Å². The number of aryl methyl sites for hydroxylation is 1. The number of aromatic amines is 1. The summed E-state index contributed by atoms with van der Waals surface area (Å²) in [6, 6.07) is 0.311. The summed E-state index contributed by atoms with van der Waals surface area (Å²) in [6.07, 6.45) is 2.15. The van der Waals surface area contributed by atoms with Crippen molar-refractivity contribution in [3.63, 3.8) is 0 Å². The lowest BCUT2D eigenvalue weighted by atomic mass is 10.2. The fourth-order valence-corrected chi connectivity index (χ4v) is 2.10. The standard InChI is InChI=1S/C10H16N4O/c1-6-4-3-5-14(6)10(15)8-7(2)12-13-9(8)11/h6H,3-5H2,1-2H3,(H3,11,12,13). The maximum Gasteiger partial charge on any atom is 0.259 e. The number of carbonyl (C=O) groups is 1. The van der Waals surface area contributed by atoms with E-state index in [1.54, 1.807) is 0 Å². The molecule has 5 heteroatoms. The van der Waals surface area contributed by atoms with Crippen molar-refractivity contribution >= 4 is 11.7 Å². The van der Waals surface area contributed by atoms with Gasteiger partial charge in [0, 0.05) is 18.3 Å². The Morgan fingerprint density at radius 1 is 1.67 bits per heavy atom. The summed E-state index contributed by atoms with van der Waals surface area (Å²) >= 11 is 0. The molecule has 0 aromatic carbocycles. The Balaban J connectivity index is 2.28. The van der Waals surface area contributed by atoms with Crippen LogP contribution in [0.3, 0.4) is 0 Å². The molecule has 2 heterocycles. The summed E-state index contributed by atoms with van der Waals surface area (Å²) in [4.78, 5) is 14.0. The largest absolute Gasteiger partial charge is 0.382 e. The van der Waals surface area contributed by atoms with Crippen LogP contribution < -0.4 is 5.73 Å². The molecule has 0 saturated carbocycles. The lowest BCUT2D eigenvalue weighted by molar-refractivity contribution is 0.0748. The van der Waals surface area contributed by atoms with E-state index < -0.39 is 0 Å². The average molecular weight is 208 g/mol. The van der Waals surface area contributed by atoms with Crippen LogP contribution in [0.2, 0.25) is 0 Å². The van der Waals surface area contributed by atoms with Gasteiger partial charge < -0.3 is 10.6 Å². The summed E-state index contributed by atoms with van der Waals surface area (Å²) in [5, 5.41) is 6.57. The molecule has 1 amide bonds. The smallest absolute Gasteiger partial charge is 0.259 e. The summed E-state index contributed by atoms with van der Waals surface area (Å²) in [6.45, 7) is 4.71. The highest BCUT2D eigenvalue weighted by Crippen LogP contribution is 2.22. The number of nitrogens with zero attached hydrogens (tertiary/aromatic N) is 2. The molecule has 15 heavy (non-hydrogen) atoms. The molecule has 1 saturated heterocycles. The van der Waals surface area contributed by atoms with Gasteiger partial charge in [0.2, 0.25) is 0 Å². The van der Waals surface area contributed by atoms with Gasteiger partial charge in [0.25, 0.3) is 5.91 Å². The number of H-pyrrole nitrogens is 1. The lowest BCUT2D eigenvalue weighted by Crippen LogP contribution is -2.34. The van der Waals surface area contributed by atoms with Crippen molar-refractivity contribution in [3.8, 4) is 0 Å². The second-order valence-corrected chi connectivity index (χ2v) is 4.10. The Kier molecular flexibility index (Phi) is 2.38. The number of hydrogen-bond donors (Lipinski definition) is 2. The van der Waals surface area contributed by atoms with E-state index in [1.165, 1.54) is 0 Å². The van der Waals surface area contributed by atoms with Crippen LogP contribution in [0.25, 0.3) is 0 Å². The monoisotopic (exact) mass is 208 g/mol. The SMILES string of the molecule is Cc1[nH]nc(N)c1C(=O)N1CCCC1C. The average Bonchev–Trinajstić information content (AvgIpc) is 2.73. The van der Waals surface area contributed by atoms with Crippen LogP contribution in [-0.2, 0) is 0 Å². The molecule has 0 bridgehead atoms. The van der Waals surface area contributed by atoms with Crippen molar-refractivity contribution in [2.75, 3.05) is 12.3 Å². The van der Waals surface area contributed by atoms with Gasteiger partial charge in [-0.25, -0.2) is 0 Å². The molecule has 1 aliphatic rings.